The van der Waals surface area contributed by atoms with E-state index >= 15 is 0 Å². The van der Waals surface area contributed by atoms with Crippen molar-refractivity contribution in [1.29, 1.82) is 0 Å². The van der Waals surface area contributed by atoms with E-state index in [9.17, 15) is 9.59 Å². The molecular weight excluding hydrogens is 314 g/mol. The molecule has 0 aliphatic heterocycles. The van der Waals surface area contributed by atoms with Gasteiger partial charge in [0.1, 0.15) is 0 Å². The van der Waals surface area contributed by atoms with Crippen molar-refractivity contribution >= 4 is 34.8 Å². The number of anilines is 1. The van der Waals surface area contributed by atoms with Gasteiger partial charge in [0.15, 0.2) is 0 Å². The van der Waals surface area contributed by atoms with Gasteiger partial charge >= 0.3 is 0 Å². The normalized spacial score (nSPS) is 11.0. The first-order valence-corrected chi connectivity index (χ1v) is 7.32. The molecule has 0 fully saturated rings. The number of amides is 2. The highest BCUT2D eigenvalue weighted by molar-refractivity contribution is 6.30. The van der Waals surface area contributed by atoms with Crippen molar-refractivity contribution in [1.82, 2.24) is 5.43 Å². The highest BCUT2D eigenvalue weighted by atomic mass is 35.5. The average molecular weight is 330 g/mol. The standard InChI is InChI=1S/C17H16ClN3O2/c1-11(13-5-4-8-16(10-13)19-12(2)22)20-21-17(23)14-6-3-7-15(18)9-14/h3-10H,1-2H3,(H,19,22)(H,21,23)/b20-11-. The number of benzene rings is 2. The first kappa shape index (κ1) is 16.7. The molecule has 0 atom stereocenters. The Bertz CT molecular complexity index is 772. The van der Waals surface area contributed by atoms with Gasteiger partial charge in [-0.05, 0) is 42.8 Å². The smallest absolute Gasteiger partial charge is 0.271 e. The molecule has 0 aliphatic rings. The Labute approximate surface area is 139 Å². The Kier molecular flexibility index (Phi) is 5.49. The Morgan fingerprint density at radius 2 is 1.70 bits per heavy atom. The van der Waals surface area contributed by atoms with E-state index in [4.69, 9.17) is 11.6 Å². The number of rotatable bonds is 4. The molecule has 6 heteroatoms. The summed E-state index contributed by atoms with van der Waals surface area (Å²) in [5.41, 5.74) is 5.00. The van der Waals surface area contributed by atoms with E-state index in [-0.39, 0.29) is 11.8 Å². The molecule has 2 rings (SSSR count). The van der Waals surface area contributed by atoms with Crippen molar-refractivity contribution < 1.29 is 9.59 Å². The zero-order valence-electron chi connectivity index (χ0n) is 12.8. The van der Waals surface area contributed by atoms with Gasteiger partial charge in [0.25, 0.3) is 5.91 Å². The second-order valence-corrected chi connectivity index (χ2v) is 5.35. The van der Waals surface area contributed by atoms with Crippen molar-refractivity contribution in [3.05, 3.63) is 64.7 Å². The Morgan fingerprint density at radius 1 is 1.00 bits per heavy atom. The van der Waals surface area contributed by atoms with Gasteiger partial charge in [0.2, 0.25) is 5.91 Å². The van der Waals surface area contributed by atoms with Gasteiger partial charge in [0.05, 0.1) is 5.71 Å². The summed E-state index contributed by atoms with van der Waals surface area (Å²) in [7, 11) is 0. The maximum absolute atomic E-state index is 12.0. The van der Waals surface area contributed by atoms with Gasteiger partial charge in [-0.15, -0.1) is 0 Å². The molecule has 118 valence electrons. The molecule has 2 amide bonds. The van der Waals surface area contributed by atoms with E-state index < -0.39 is 0 Å². The van der Waals surface area contributed by atoms with E-state index in [0.29, 0.717) is 22.0 Å². The zero-order valence-corrected chi connectivity index (χ0v) is 13.5. The highest BCUT2D eigenvalue weighted by Crippen LogP contribution is 2.12. The second-order valence-electron chi connectivity index (χ2n) is 4.91. The summed E-state index contributed by atoms with van der Waals surface area (Å²) in [5, 5.41) is 7.27. The van der Waals surface area contributed by atoms with Crippen LogP contribution in [0.4, 0.5) is 5.69 Å². The SMILES string of the molecule is CC(=O)Nc1cccc(/C(C)=N\NC(=O)c2cccc(Cl)c2)c1. The van der Waals surface area contributed by atoms with Gasteiger partial charge < -0.3 is 5.32 Å². The summed E-state index contributed by atoms with van der Waals surface area (Å²) in [6.45, 7) is 3.21. The molecule has 2 aromatic carbocycles. The van der Waals surface area contributed by atoms with E-state index in [0.717, 1.165) is 5.56 Å². The average Bonchev–Trinajstić information content (AvgIpc) is 2.52. The molecule has 0 aromatic heterocycles. The molecule has 0 saturated carbocycles. The molecule has 0 saturated heterocycles. The van der Waals surface area contributed by atoms with Crippen LogP contribution in [0.15, 0.2) is 53.6 Å². The van der Waals surface area contributed by atoms with Gasteiger partial charge in [0, 0.05) is 23.2 Å². The fraction of sp³-hybridized carbons (Fsp3) is 0.118. The minimum absolute atomic E-state index is 0.147. The molecule has 0 radical (unpaired) electrons. The fourth-order valence-electron chi connectivity index (χ4n) is 1.92. The van der Waals surface area contributed by atoms with Crippen LogP contribution in [0.5, 0.6) is 0 Å². The van der Waals surface area contributed by atoms with Crippen LogP contribution in [-0.2, 0) is 4.79 Å². The monoisotopic (exact) mass is 329 g/mol. The third-order valence-electron chi connectivity index (χ3n) is 3.01. The Hall–Kier alpha value is -2.66. The molecule has 0 bridgehead atoms. The number of hydrazone groups is 1. The summed E-state index contributed by atoms with van der Waals surface area (Å²) in [6.07, 6.45) is 0. The van der Waals surface area contributed by atoms with Crippen LogP contribution >= 0.6 is 11.6 Å². The van der Waals surface area contributed by atoms with E-state index in [1.165, 1.54) is 6.92 Å². The third kappa shape index (κ3) is 4.93. The molecule has 0 heterocycles. The summed E-state index contributed by atoms with van der Waals surface area (Å²) >= 11 is 5.86. The lowest BCUT2D eigenvalue weighted by molar-refractivity contribution is -0.114. The van der Waals surface area contributed by atoms with Crippen LogP contribution in [-0.4, -0.2) is 17.5 Å². The maximum atomic E-state index is 12.0. The lowest BCUT2D eigenvalue weighted by atomic mass is 10.1. The highest BCUT2D eigenvalue weighted by Gasteiger charge is 2.06. The minimum Gasteiger partial charge on any atom is -0.326 e. The van der Waals surface area contributed by atoms with Crippen LogP contribution in [0.2, 0.25) is 5.02 Å². The van der Waals surface area contributed by atoms with E-state index in [2.05, 4.69) is 15.8 Å². The lowest BCUT2D eigenvalue weighted by Crippen LogP contribution is -2.19. The van der Waals surface area contributed by atoms with Crippen molar-refractivity contribution in [3.8, 4) is 0 Å². The zero-order chi connectivity index (χ0) is 16.8. The van der Waals surface area contributed by atoms with Crippen LogP contribution in [0.25, 0.3) is 0 Å². The number of carbonyl (C=O) groups is 2. The molecule has 2 aromatic rings. The molecule has 5 nitrogen and oxygen atoms in total. The number of carbonyl (C=O) groups excluding carboxylic acids is 2. The fourth-order valence-corrected chi connectivity index (χ4v) is 2.11. The Morgan fingerprint density at radius 3 is 2.39 bits per heavy atom. The van der Waals surface area contributed by atoms with Crippen molar-refractivity contribution in [3.63, 3.8) is 0 Å². The summed E-state index contributed by atoms with van der Waals surface area (Å²) in [5.74, 6) is -0.490. The van der Waals surface area contributed by atoms with Gasteiger partial charge in [-0.1, -0.05) is 29.8 Å². The second kappa shape index (κ2) is 7.56. The number of hydrogen-bond donors (Lipinski definition) is 2. The van der Waals surface area contributed by atoms with Gasteiger partial charge in [-0.25, -0.2) is 5.43 Å². The number of hydrogen-bond acceptors (Lipinski definition) is 3. The van der Waals surface area contributed by atoms with Gasteiger partial charge in [-0.2, -0.15) is 5.10 Å². The molecule has 23 heavy (non-hydrogen) atoms. The quantitative estimate of drug-likeness (QED) is 0.666. The molecule has 2 N–H and O–H groups in total. The van der Waals surface area contributed by atoms with Crippen molar-refractivity contribution in [2.24, 2.45) is 5.10 Å². The van der Waals surface area contributed by atoms with Gasteiger partial charge in [-0.3, -0.25) is 9.59 Å². The van der Waals surface area contributed by atoms with Crippen LogP contribution < -0.4 is 10.7 Å². The number of halogens is 1. The summed E-state index contributed by atoms with van der Waals surface area (Å²) in [6, 6.07) is 13.8. The molecular formula is C17H16ClN3O2. The first-order chi connectivity index (χ1) is 11.0. The number of nitrogens with zero attached hydrogens (tertiary/aromatic N) is 1. The van der Waals surface area contributed by atoms with Crippen LogP contribution in [0.1, 0.15) is 29.8 Å². The minimum atomic E-state index is -0.343. The van der Waals surface area contributed by atoms with E-state index in [1.54, 1.807) is 49.4 Å². The maximum Gasteiger partial charge on any atom is 0.271 e. The predicted octanol–water partition coefficient (Wildman–Crippen LogP) is 3.45. The largest absolute Gasteiger partial charge is 0.326 e. The lowest BCUT2D eigenvalue weighted by Gasteiger charge is -2.06. The molecule has 0 aliphatic carbocycles. The van der Waals surface area contributed by atoms with Crippen LogP contribution in [0, 0.1) is 0 Å². The predicted molar refractivity (Wildman–Crippen MR) is 91.9 cm³/mol. The van der Waals surface area contributed by atoms with Crippen LogP contribution in [0.3, 0.4) is 0 Å². The molecule has 0 unspecified atom stereocenters. The molecule has 0 spiro atoms. The van der Waals surface area contributed by atoms with Crippen molar-refractivity contribution in [2.45, 2.75) is 13.8 Å². The first-order valence-electron chi connectivity index (χ1n) is 6.94. The topological polar surface area (TPSA) is 70.6 Å². The summed E-state index contributed by atoms with van der Waals surface area (Å²) in [4.78, 5) is 23.1. The Balaban J connectivity index is 2.10. The van der Waals surface area contributed by atoms with Crippen molar-refractivity contribution in [2.75, 3.05) is 5.32 Å². The summed E-state index contributed by atoms with van der Waals surface area (Å²) < 4.78 is 0. The third-order valence-corrected chi connectivity index (χ3v) is 3.25. The van der Waals surface area contributed by atoms with E-state index in [1.807, 2.05) is 6.07 Å². The number of nitrogens with one attached hydrogen (secondary N) is 2.